The molecule has 0 bridgehead atoms. The Labute approximate surface area is 89.3 Å². The van der Waals surface area contributed by atoms with Gasteiger partial charge in [0.15, 0.2) is 0 Å². The molecular weight excluding hydrogens is 167 g/mol. The number of hydrogen-bond donors (Lipinski definition) is 0. The summed E-state index contributed by atoms with van der Waals surface area (Å²) in [6.45, 7) is 5.17. The van der Waals surface area contributed by atoms with E-state index < -0.39 is 0 Å². The minimum Gasteiger partial charge on any atom is -0.0594 e. The summed E-state index contributed by atoms with van der Waals surface area (Å²) in [5, 5.41) is 0.720. The van der Waals surface area contributed by atoms with E-state index in [4.69, 9.17) is 0 Å². The van der Waals surface area contributed by atoms with Crippen molar-refractivity contribution in [2.75, 3.05) is 0 Å². The summed E-state index contributed by atoms with van der Waals surface area (Å²) < 4.78 is 0. The first-order valence-electron chi connectivity index (χ1n) is 6.49. The van der Waals surface area contributed by atoms with Crippen LogP contribution in [0, 0.1) is 16.7 Å². The van der Waals surface area contributed by atoms with Gasteiger partial charge in [-0.3, -0.25) is 0 Å². The quantitative estimate of drug-likeness (QED) is 0.514. The highest BCUT2D eigenvalue weighted by Crippen LogP contribution is 2.75. The van der Waals surface area contributed by atoms with Crippen LogP contribution in [0.25, 0.3) is 0 Å². The number of hydrogen-bond acceptors (Lipinski definition) is 0. The third kappa shape index (κ3) is 0.920. The van der Waals surface area contributed by atoms with Gasteiger partial charge in [-0.1, -0.05) is 38.4 Å². The van der Waals surface area contributed by atoms with E-state index in [1.807, 2.05) is 0 Å². The summed E-state index contributed by atoms with van der Waals surface area (Å²) >= 11 is 0. The first-order chi connectivity index (χ1) is 6.49. The lowest BCUT2D eigenvalue weighted by atomic mass is 9.48. The van der Waals surface area contributed by atoms with Crippen molar-refractivity contribution in [3.63, 3.8) is 0 Å². The van der Waals surface area contributed by atoms with Crippen LogP contribution in [0.3, 0.4) is 0 Å². The van der Waals surface area contributed by atoms with Gasteiger partial charge >= 0.3 is 0 Å². The van der Waals surface area contributed by atoms with E-state index >= 15 is 0 Å². The maximum Gasteiger partial charge on any atom is 0.109 e. The average Bonchev–Trinajstić information content (AvgIpc) is 2.53. The van der Waals surface area contributed by atoms with Gasteiger partial charge < -0.3 is 0 Å². The van der Waals surface area contributed by atoms with Crippen molar-refractivity contribution in [3.8, 4) is 0 Å². The van der Waals surface area contributed by atoms with Crippen molar-refractivity contribution in [2.45, 2.75) is 64.1 Å². The zero-order valence-electron chi connectivity index (χ0n) is 10.0. The molecule has 3 aliphatic rings. The van der Waals surface area contributed by atoms with Gasteiger partial charge in [-0.25, -0.2) is 0 Å². The Morgan fingerprint density at radius 3 is 2.14 bits per heavy atom. The Hall–Kier alpha value is 0.0649. The van der Waals surface area contributed by atoms with Gasteiger partial charge in [-0.05, 0) is 42.4 Å². The van der Waals surface area contributed by atoms with Crippen LogP contribution < -0.4 is 0 Å². The summed E-state index contributed by atoms with van der Waals surface area (Å²) in [5.74, 6) is 1.05. The van der Waals surface area contributed by atoms with Crippen LogP contribution in [-0.2, 0) is 0 Å². The van der Waals surface area contributed by atoms with Crippen LogP contribution in [-0.4, -0.2) is 7.85 Å². The maximum absolute atomic E-state index is 2.59. The van der Waals surface area contributed by atoms with E-state index in [1.165, 1.54) is 44.9 Å². The standard InChI is InChI=1S/C13H23B/c1-11-4-3-5-13(14)9-8-12(2,7-6-11)10(11)13/h10H,3-9,14H2,1-2H3. The van der Waals surface area contributed by atoms with Gasteiger partial charge in [0, 0.05) is 0 Å². The molecule has 0 N–H and O–H groups in total. The third-order valence-corrected chi connectivity index (χ3v) is 6.12. The fourth-order valence-electron chi connectivity index (χ4n) is 5.80. The van der Waals surface area contributed by atoms with Crippen molar-refractivity contribution < 1.29 is 0 Å². The van der Waals surface area contributed by atoms with Gasteiger partial charge in [0.25, 0.3) is 0 Å². The summed E-state index contributed by atoms with van der Waals surface area (Å²) in [5.41, 5.74) is 1.45. The van der Waals surface area contributed by atoms with Gasteiger partial charge in [-0.2, -0.15) is 0 Å². The molecule has 0 aromatic carbocycles. The van der Waals surface area contributed by atoms with Crippen molar-refractivity contribution in [3.05, 3.63) is 0 Å². The van der Waals surface area contributed by atoms with E-state index in [9.17, 15) is 0 Å². The first kappa shape index (κ1) is 9.30. The van der Waals surface area contributed by atoms with Gasteiger partial charge in [-0.15, -0.1) is 0 Å². The van der Waals surface area contributed by atoms with E-state index in [2.05, 4.69) is 21.7 Å². The molecule has 0 heterocycles. The molecule has 0 aromatic heterocycles. The maximum atomic E-state index is 2.59. The second-order valence-electron chi connectivity index (χ2n) is 7.25. The smallest absolute Gasteiger partial charge is 0.0594 e. The van der Waals surface area contributed by atoms with Crippen molar-refractivity contribution in [1.82, 2.24) is 0 Å². The summed E-state index contributed by atoms with van der Waals surface area (Å²) in [7, 11) is 2.59. The molecule has 3 rings (SSSR count). The lowest BCUT2D eigenvalue weighted by molar-refractivity contribution is 0.0754. The third-order valence-electron chi connectivity index (χ3n) is 6.12. The Balaban J connectivity index is 2.07. The lowest BCUT2D eigenvalue weighted by Crippen LogP contribution is -2.39. The Bertz CT molecular complexity index is 250. The second kappa shape index (κ2) is 2.41. The van der Waals surface area contributed by atoms with E-state index in [0.717, 1.165) is 22.1 Å². The normalized spacial score (nSPS) is 61.4. The van der Waals surface area contributed by atoms with Gasteiger partial charge in [0.2, 0.25) is 0 Å². The zero-order valence-corrected chi connectivity index (χ0v) is 10.0. The molecule has 0 aliphatic heterocycles. The van der Waals surface area contributed by atoms with Crippen LogP contribution >= 0.6 is 0 Å². The molecule has 0 saturated heterocycles. The fraction of sp³-hybridized carbons (Fsp3) is 1.00. The van der Waals surface area contributed by atoms with Crippen molar-refractivity contribution >= 4 is 7.85 Å². The Morgan fingerprint density at radius 2 is 1.43 bits per heavy atom. The van der Waals surface area contributed by atoms with Crippen LogP contribution in [0.2, 0.25) is 5.31 Å². The molecule has 3 saturated carbocycles. The second-order valence-corrected chi connectivity index (χ2v) is 7.25. The molecule has 1 heteroatoms. The van der Waals surface area contributed by atoms with Crippen molar-refractivity contribution in [1.29, 1.82) is 0 Å². The van der Waals surface area contributed by atoms with Gasteiger partial charge in [0.1, 0.15) is 7.85 Å². The predicted molar refractivity (Wildman–Crippen MR) is 63.3 cm³/mol. The Kier molecular flexibility index (Phi) is 1.60. The largest absolute Gasteiger partial charge is 0.109 e. The summed E-state index contributed by atoms with van der Waals surface area (Å²) in [6, 6.07) is 0. The summed E-state index contributed by atoms with van der Waals surface area (Å²) in [4.78, 5) is 0. The predicted octanol–water partition coefficient (Wildman–Crippen LogP) is 3.18. The first-order valence-corrected chi connectivity index (χ1v) is 6.49. The molecule has 78 valence electrons. The SMILES string of the molecule is BC12CCCC3(C)CCC(C)(CC1)C23. The molecule has 3 fully saturated rings. The molecule has 0 radical (unpaired) electrons. The van der Waals surface area contributed by atoms with E-state index in [-0.39, 0.29) is 0 Å². The van der Waals surface area contributed by atoms with Crippen LogP contribution in [0.15, 0.2) is 0 Å². The van der Waals surface area contributed by atoms with E-state index in [0.29, 0.717) is 0 Å². The lowest BCUT2D eigenvalue weighted by Gasteiger charge is -2.49. The molecule has 4 unspecified atom stereocenters. The summed E-state index contributed by atoms with van der Waals surface area (Å²) in [6.07, 6.45) is 10.6. The highest BCUT2D eigenvalue weighted by Gasteiger charge is 2.63. The minimum atomic E-state index is 0.720. The van der Waals surface area contributed by atoms with Crippen LogP contribution in [0.1, 0.15) is 58.8 Å². The fourth-order valence-corrected chi connectivity index (χ4v) is 5.80. The monoisotopic (exact) mass is 190 g/mol. The molecule has 4 atom stereocenters. The zero-order chi connectivity index (χ0) is 10.0. The molecule has 3 aliphatic carbocycles. The number of rotatable bonds is 0. The van der Waals surface area contributed by atoms with Crippen molar-refractivity contribution in [2.24, 2.45) is 16.7 Å². The minimum absolute atomic E-state index is 0.720. The highest BCUT2D eigenvalue weighted by atomic mass is 14.7. The highest BCUT2D eigenvalue weighted by molar-refractivity contribution is 6.15. The van der Waals surface area contributed by atoms with Gasteiger partial charge in [0.05, 0.1) is 0 Å². The average molecular weight is 190 g/mol. The molecular formula is C13H23B. The van der Waals surface area contributed by atoms with Crippen LogP contribution in [0.5, 0.6) is 0 Å². The Morgan fingerprint density at radius 1 is 0.857 bits per heavy atom. The topological polar surface area (TPSA) is 0 Å². The molecule has 14 heavy (non-hydrogen) atoms. The molecule has 0 aromatic rings. The van der Waals surface area contributed by atoms with E-state index in [1.54, 1.807) is 0 Å². The molecule has 0 amide bonds. The van der Waals surface area contributed by atoms with Crippen LogP contribution in [0.4, 0.5) is 0 Å². The molecule has 0 spiro atoms. The molecule has 0 nitrogen and oxygen atoms in total.